The van der Waals surface area contributed by atoms with Crippen molar-refractivity contribution in [2.24, 2.45) is 5.92 Å². The molecule has 0 bridgehead atoms. The zero-order valence-electron chi connectivity index (χ0n) is 13.4. The van der Waals surface area contributed by atoms with Gasteiger partial charge in [0.2, 0.25) is 5.91 Å². The summed E-state index contributed by atoms with van der Waals surface area (Å²) in [4.78, 5) is 25.8. The molecule has 0 radical (unpaired) electrons. The number of benzene rings is 1. The summed E-state index contributed by atoms with van der Waals surface area (Å²) in [6, 6.07) is 5.83. The molecule has 1 aromatic rings. The number of hydrogen-bond donors (Lipinski definition) is 1. The average Bonchev–Trinajstić information content (AvgIpc) is 2.95. The Morgan fingerprint density at radius 3 is 2.79 bits per heavy atom. The third kappa shape index (κ3) is 4.14. The highest BCUT2D eigenvalue weighted by atomic mass is 32.2. The van der Waals surface area contributed by atoms with E-state index in [2.05, 4.69) is 0 Å². The van der Waals surface area contributed by atoms with Crippen LogP contribution in [-0.2, 0) is 9.59 Å². The fraction of sp³-hybridized carbons (Fsp3) is 0.529. The second kappa shape index (κ2) is 7.79. The number of thioether (sulfide) groups is 1. The molecule has 1 atom stereocenters. The lowest BCUT2D eigenvalue weighted by atomic mass is 10.1. The molecule has 1 saturated heterocycles. The number of nitrogens with zero attached hydrogens (tertiary/aromatic N) is 1. The minimum absolute atomic E-state index is 0.0283. The highest BCUT2D eigenvalue weighted by Crippen LogP contribution is 2.34. The van der Waals surface area contributed by atoms with Crippen LogP contribution in [-0.4, -0.2) is 53.9 Å². The van der Waals surface area contributed by atoms with Crippen molar-refractivity contribution in [3.05, 3.63) is 18.2 Å². The first kappa shape index (κ1) is 17.0. The summed E-state index contributed by atoms with van der Waals surface area (Å²) in [7, 11) is 0. The molecule has 1 unspecified atom stereocenters. The van der Waals surface area contributed by atoms with E-state index in [1.165, 1.54) is 0 Å². The van der Waals surface area contributed by atoms with Crippen LogP contribution in [0.5, 0.6) is 11.5 Å². The standard InChI is InChI=1S/C17H21NO5S/c19-16(18-6-4-12(11-18)17(20)21)5-9-24-13-2-3-14-15(10-13)23-8-1-7-22-14/h2-3,10,12H,1,4-9,11H2,(H,20,21). The Kier molecular flexibility index (Phi) is 5.50. The lowest BCUT2D eigenvalue weighted by Gasteiger charge is -2.15. The van der Waals surface area contributed by atoms with E-state index in [4.69, 9.17) is 14.6 Å². The predicted octanol–water partition coefficient (Wildman–Crippen LogP) is 2.26. The molecule has 0 saturated carbocycles. The van der Waals surface area contributed by atoms with Gasteiger partial charge >= 0.3 is 5.97 Å². The molecular weight excluding hydrogens is 330 g/mol. The summed E-state index contributed by atoms with van der Waals surface area (Å²) in [5.41, 5.74) is 0. The molecule has 2 aliphatic heterocycles. The molecule has 1 fully saturated rings. The number of carboxylic acids is 1. The minimum Gasteiger partial charge on any atom is -0.490 e. The summed E-state index contributed by atoms with van der Waals surface area (Å²) in [6.45, 7) is 2.20. The molecule has 2 heterocycles. The maximum atomic E-state index is 12.2. The topological polar surface area (TPSA) is 76.1 Å². The quantitative estimate of drug-likeness (QED) is 0.820. The van der Waals surface area contributed by atoms with Crippen molar-refractivity contribution in [2.75, 3.05) is 32.1 Å². The fourth-order valence-electron chi connectivity index (χ4n) is 2.84. The first-order valence-corrected chi connectivity index (χ1v) is 9.15. The fourth-order valence-corrected chi connectivity index (χ4v) is 3.70. The number of carbonyl (C=O) groups is 2. The Morgan fingerprint density at radius 1 is 1.25 bits per heavy atom. The molecule has 7 heteroatoms. The number of carbonyl (C=O) groups excluding carboxylic acids is 1. The summed E-state index contributed by atoms with van der Waals surface area (Å²) in [6.07, 6.45) is 1.83. The number of rotatable bonds is 5. The number of likely N-dealkylation sites (tertiary alicyclic amines) is 1. The van der Waals surface area contributed by atoms with Crippen LogP contribution >= 0.6 is 11.8 Å². The maximum Gasteiger partial charge on any atom is 0.308 e. The average molecular weight is 351 g/mol. The van der Waals surface area contributed by atoms with Crippen LogP contribution in [0.3, 0.4) is 0 Å². The van der Waals surface area contributed by atoms with E-state index >= 15 is 0 Å². The Bertz CT molecular complexity index is 621. The predicted molar refractivity (Wildman–Crippen MR) is 89.7 cm³/mol. The molecule has 2 aliphatic rings. The molecule has 1 N–H and O–H groups in total. The number of amides is 1. The molecule has 24 heavy (non-hydrogen) atoms. The van der Waals surface area contributed by atoms with E-state index in [0.29, 0.717) is 44.9 Å². The van der Waals surface area contributed by atoms with E-state index in [1.807, 2.05) is 18.2 Å². The molecule has 6 nitrogen and oxygen atoms in total. The smallest absolute Gasteiger partial charge is 0.308 e. The summed E-state index contributed by atoms with van der Waals surface area (Å²) in [5, 5.41) is 8.99. The first-order chi connectivity index (χ1) is 11.6. The largest absolute Gasteiger partial charge is 0.490 e. The van der Waals surface area contributed by atoms with Gasteiger partial charge in [-0.05, 0) is 24.6 Å². The van der Waals surface area contributed by atoms with Gasteiger partial charge in [0.15, 0.2) is 11.5 Å². The molecule has 1 amide bonds. The van der Waals surface area contributed by atoms with Gasteiger partial charge in [-0.25, -0.2) is 0 Å². The number of carboxylic acid groups (broad SMARTS) is 1. The minimum atomic E-state index is -0.813. The SMILES string of the molecule is O=C(O)C1CCN(C(=O)CCSc2ccc3c(c2)OCCCO3)C1. The zero-order chi connectivity index (χ0) is 16.9. The van der Waals surface area contributed by atoms with Crippen LogP contribution in [0.1, 0.15) is 19.3 Å². The van der Waals surface area contributed by atoms with Crippen molar-refractivity contribution in [3.63, 3.8) is 0 Å². The van der Waals surface area contributed by atoms with Gasteiger partial charge in [0.1, 0.15) is 0 Å². The molecular formula is C17H21NO5S. The second-order valence-electron chi connectivity index (χ2n) is 5.92. The van der Waals surface area contributed by atoms with E-state index in [0.717, 1.165) is 22.8 Å². The molecule has 130 valence electrons. The zero-order valence-corrected chi connectivity index (χ0v) is 14.2. The lowest BCUT2D eigenvalue weighted by Crippen LogP contribution is -2.30. The van der Waals surface area contributed by atoms with Crippen molar-refractivity contribution in [1.82, 2.24) is 4.90 Å². The summed E-state index contributed by atoms with van der Waals surface area (Å²) >= 11 is 1.59. The summed E-state index contributed by atoms with van der Waals surface area (Å²) < 4.78 is 11.3. The molecule has 1 aromatic carbocycles. The Hall–Kier alpha value is -1.89. The van der Waals surface area contributed by atoms with Crippen molar-refractivity contribution in [2.45, 2.75) is 24.2 Å². The van der Waals surface area contributed by atoms with Crippen LogP contribution in [0.15, 0.2) is 23.1 Å². The van der Waals surface area contributed by atoms with Gasteiger partial charge in [-0.2, -0.15) is 0 Å². The normalized spacial score (nSPS) is 19.8. The van der Waals surface area contributed by atoms with Gasteiger partial charge in [-0.1, -0.05) is 0 Å². The van der Waals surface area contributed by atoms with Crippen LogP contribution in [0, 0.1) is 5.92 Å². The number of aliphatic carboxylic acids is 1. The monoisotopic (exact) mass is 351 g/mol. The van der Waals surface area contributed by atoms with Crippen molar-refractivity contribution in [3.8, 4) is 11.5 Å². The molecule has 0 aliphatic carbocycles. The van der Waals surface area contributed by atoms with E-state index in [1.54, 1.807) is 16.7 Å². The molecule has 3 rings (SSSR count). The first-order valence-electron chi connectivity index (χ1n) is 8.16. The third-order valence-electron chi connectivity index (χ3n) is 4.19. The van der Waals surface area contributed by atoms with Crippen LogP contribution < -0.4 is 9.47 Å². The molecule has 0 aromatic heterocycles. The van der Waals surface area contributed by atoms with Crippen molar-refractivity contribution < 1.29 is 24.2 Å². The van der Waals surface area contributed by atoms with Gasteiger partial charge in [0, 0.05) is 36.6 Å². The Morgan fingerprint density at radius 2 is 2.04 bits per heavy atom. The Balaban J connectivity index is 1.47. The van der Waals surface area contributed by atoms with Gasteiger partial charge in [0.25, 0.3) is 0 Å². The number of fused-ring (bicyclic) bond motifs is 1. The van der Waals surface area contributed by atoms with Gasteiger partial charge in [-0.15, -0.1) is 11.8 Å². The van der Waals surface area contributed by atoms with Crippen molar-refractivity contribution >= 4 is 23.6 Å². The number of ether oxygens (including phenoxy) is 2. The van der Waals surface area contributed by atoms with Gasteiger partial charge in [-0.3, -0.25) is 9.59 Å². The van der Waals surface area contributed by atoms with E-state index < -0.39 is 11.9 Å². The highest BCUT2D eigenvalue weighted by molar-refractivity contribution is 7.99. The van der Waals surface area contributed by atoms with Crippen LogP contribution in [0.2, 0.25) is 0 Å². The Labute approximate surface area is 145 Å². The summed E-state index contributed by atoms with van der Waals surface area (Å²) in [5.74, 6) is 0.986. The third-order valence-corrected chi connectivity index (χ3v) is 5.19. The van der Waals surface area contributed by atoms with Gasteiger partial charge in [0.05, 0.1) is 19.1 Å². The molecule has 0 spiro atoms. The van der Waals surface area contributed by atoms with Gasteiger partial charge < -0.3 is 19.5 Å². The van der Waals surface area contributed by atoms with Crippen LogP contribution in [0.4, 0.5) is 0 Å². The second-order valence-corrected chi connectivity index (χ2v) is 7.09. The van der Waals surface area contributed by atoms with E-state index in [-0.39, 0.29) is 5.91 Å². The lowest BCUT2D eigenvalue weighted by molar-refractivity contribution is -0.141. The maximum absolute atomic E-state index is 12.2. The van der Waals surface area contributed by atoms with E-state index in [9.17, 15) is 9.59 Å². The number of hydrogen-bond acceptors (Lipinski definition) is 5. The van der Waals surface area contributed by atoms with Crippen molar-refractivity contribution in [1.29, 1.82) is 0 Å². The van der Waals surface area contributed by atoms with Crippen LogP contribution in [0.25, 0.3) is 0 Å². The highest BCUT2D eigenvalue weighted by Gasteiger charge is 2.30.